The number of carbonyl (C=O) groups is 5. The standard InChI is InChI=1S/C56H77N9O8/c1-11-47(67)62-26-22-56(71,32-62)53(70)61(9)48(36(3)4)51(68)58-45-28-38-15-13-16-39(27-38)40-17-18-46-42(29-40)43(30-54(6,7)34-73-35-55(33-66)21-14-23-64(59-55)52(45)69)50(63(46)12-2)44-31-57-65(49(44)37(5)72-10)41-19-24-60(8)25-20-41/h11,13,15-18,27,29,31,33,36-37,41,45,48,59,71H,1,12,14,19-26,28,30,32,34-35H2,2-10H3,(H,58,68)/t37-,45-,48-,55-,56?/m0/s1. The van der Waals surface area contributed by atoms with Crippen LogP contribution in [0.2, 0.25) is 0 Å². The Morgan fingerprint density at radius 1 is 1.05 bits per heavy atom. The third-order valence-corrected chi connectivity index (χ3v) is 15.8. The number of fused-ring (bicyclic) bond motifs is 6. The number of carbonyl (C=O) groups excluding carboxylic acids is 5. The average molecular weight is 1000 g/mol. The van der Waals surface area contributed by atoms with Gasteiger partial charge in [-0.05, 0) is 118 Å². The highest BCUT2D eigenvalue weighted by atomic mass is 16.5. The molecule has 3 N–H and O–H groups in total. The van der Waals surface area contributed by atoms with Crippen LogP contribution in [0.25, 0.3) is 33.3 Å². The molecule has 1 unspecified atom stereocenters. The summed E-state index contributed by atoms with van der Waals surface area (Å²) in [5.74, 6) is -2.57. The lowest BCUT2D eigenvalue weighted by Crippen LogP contribution is -2.66. The monoisotopic (exact) mass is 1000 g/mol. The molecule has 8 rings (SSSR count). The fourth-order valence-electron chi connectivity index (χ4n) is 11.8. The van der Waals surface area contributed by atoms with Crippen molar-refractivity contribution in [1.82, 2.24) is 44.8 Å². The number of ether oxygens (including phenoxy) is 2. The van der Waals surface area contributed by atoms with Gasteiger partial charge < -0.3 is 44.0 Å². The quantitative estimate of drug-likeness (QED) is 0.121. The topological polar surface area (TPSA) is 184 Å². The van der Waals surface area contributed by atoms with Crippen molar-refractivity contribution >= 4 is 40.8 Å². The lowest BCUT2D eigenvalue weighted by atomic mass is 9.84. The minimum atomic E-state index is -1.91. The zero-order valence-electron chi connectivity index (χ0n) is 44.4. The summed E-state index contributed by atoms with van der Waals surface area (Å²) in [4.78, 5) is 74.3. The molecule has 6 heterocycles. The SMILES string of the molecule is C=CC(=O)N1CCC(O)(C(=O)N(C)[C@H](C(=O)N[C@H]2Cc3cccc(c3)-c3ccc4c(c3)c(c(-c3cnn(C5CCN(C)CC5)c3[C@H](C)OC)n4CC)CC(C)(C)COC[C@@]3(C=O)CCCN(N3)C2=O)C(C)C)C1. The van der Waals surface area contributed by atoms with Crippen LogP contribution in [0.1, 0.15) is 103 Å². The molecule has 4 aliphatic heterocycles. The van der Waals surface area contributed by atoms with Gasteiger partial charge in [0, 0.05) is 63.1 Å². The van der Waals surface area contributed by atoms with Crippen LogP contribution < -0.4 is 10.7 Å². The van der Waals surface area contributed by atoms with Crippen molar-refractivity contribution < 1.29 is 38.6 Å². The van der Waals surface area contributed by atoms with E-state index in [9.17, 15) is 29.1 Å². The van der Waals surface area contributed by atoms with Crippen LogP contribution in [-0.2, 0) is 52.8 Å². The summed E-state index contributed by atoms with van der Waals surface area (Å²) in [6.45, 7) is 19.0. The van der Waals surface area contributed by atoms with Gasteiger partial charge in [0.15, 0.2) is 5.60 Å². The molecular formula is C56H77N9O8. The van der Waals surface area contributed by atoms with Crippen molar-refractivity contribution in [3.8, 4) is 22.4 Å². The zero-order valence-corrected chi connectivity index (χ0v) is 44.4. The summed E-state index contributed by atoms with van der Waals surface area (Å²) in [5.41, 5.74) is 7.85. The number of piperidine rings is 1. The van der Waals surface area contributed by atoms with Crippen molar-refractivity contribution in [2.45, 2.75) is 128 Å². The largest absolute Gasteiger partial charge is 0.378 e. The number of benzene rings is 2. The fraction of sp³-hybridized carbons (Fsp3) is 0.571. The van der Waals surface area contributed by atoms with Crippen molar-refractivity contribution in [1.29, 1.82) is 0 Å². The fourth-order valence-corrected chi connectivity index (χ4v) is 11.8. The minimum Gasteiger partial charge on any atom is -0.378 e. The number of likely N-dealkylation sites (N-methyl/N-ethyl adjacent to an activating group) is 1. The Hall–Kier alpha value is -5.72. The number of methoxy groups -OCH3 is 1. The third kappa shape index (κ3) is 10.8. The van der Waals surface area contributed by atoms with Crippen LogP contribution in [0.15, 0.2) is 61.3 Å². The predicted molar refractivity (Wildman–Crippen MR) is 280 cm³/mol. The molecule has 2 aromatic carbocycles. The van der Waals surface area contributed by atoms with Gasteiger partial charge in [0.25, 0.3) is 11.8 Å². The number of β-amino-alcohol motifs (C(OH)–C–C–N with tert-alkyl or cyclic N) is 1. The molecule has 4 aliphatic rings. The Balaban J connectivity index is 1.21. The van der Waals surface area contributed by atoms with Gasteiger partial charge >= 0.3 is 0 Å². The number of aryl methyl sites for hydroxylation is 1. The van der Waals surface area contributed by atoms with E-state index >= 15 is 0 Å². The second-order valence-electron chi connectivity index (χ2n) is 22.2. The van der Waals surface area contributed by atoms with Crippen LogP contribution >= 0.6 is 0 Å². The number of hydrogen-bond donors (Lipinski definition) is 3. The number of aliphatic hydroxyl groups is 1. The Labute approximate surface area is 430 Å². The molecule has 2 aromatic heterocycles. The Morgan fingerprint density at radius 2 is 1.79 bits per heavy atom. The maximum Gasteiger partial charge on any atom is 0.259 e. The first-order valence-electron chi connectivity index (χ1n) is 26.1. The van der Waals surface area contributed by atoms with Crippen molar-refractivity contribution in [3.63, 3.8) is 0 Å². The molecule has 5 atom stereocenters. The Kier molecular flexibility index (Phi) is 15.9. The number of nitrogens with zero attached hydrogens (tertiary/aromatic N) is 7. The molecule has 17 nitrogen and oxygen atoms in total. The maximum absolute atomic E-state index is 14.9. The normalized spacial score (nSPS) is 24.0. The molecule has 394 valence electrons. The summed E-state index contributed by atoms with van der Waals surface area (Å²) in [7, 11) is 5.39. The molecule has 3 fully saturated rings. The van der Waals surface area contributed by atoms with Gasteiger partial charge in [-0.1, -0.05) is 64.6 Å². The van der Waals surface area contributed by atoms with E-state index in [0.717, 1.165) is 82.8 Å². The number of aromatic nitrogens is 3. The maximum atomic E-state index is 14.9. The molecule has 0 aliphatic carbocycles. The molecule has 0 saturated carbocycles. The summed E-state index contributed by atoms with van der Waals surface area (Å²) >= 11 is 0. The van der Waals surface area contributed by atoms with Crippen LogP contribution in [-0.4, -0.2) is 159 Å². The van der Waals surface area contributed by atoms with Gasteiger partial charge in [-0.3, -0.25) is 28.9 Å². The van der Waals surface area contributed by atoms with Crippen molar-refractivity contribution in [2.24, 2.45) is 11.3 Å². The van der Waals surface area contributed by atoms with Gasteiger partial charge in [0.2, 0.25) is 11.8 Å². The second kappa shape index (κ2) is 21.6. The first-order chi connectivity index (χ1) is 34.8. The van der Waals surface area contributed by atoms with E-state index in [2.05, 4.69) is 96.5 Å². The van der Waals surface area contributed by atoms with Gasteiger partial charge in [0.1, 0.15) is 23.9 Å². The summed E-state index contributed by atoms with van der Waals surface area (Å²) in [5, 5.41) is 22.3. The number of rotatable bonds is 12. The van der Waals surface area contributed by atoms with E-state index in [4.69, 9.17) is 14.6 Å². The number of aldehydes is 1. The van der Waals surface area contributed by atoms with E-state index in [1.54, 1.807) is 21.0 Å². The van der Waals surface area contributed by atoms with Crippen LogP contribution in [0.4, 0.5) is 0 Å². The van der Waals surface area contributed by atoms with Gasteiger partial charge in [-0.2, -0.15) is 5.10 Å². The van der Waals surface area contributed by atoms with Crippen LogP contribution in [0, 0.1) is 11.3 Å². The molecule has 3 saturated heterocycles. The number of hydrazine groups is 1. The smallest absolute Gasteiger partial charge is 0.259 e. The lowest BCUT2D eigenvalue weighted by Gasteiger charge is -2.42. The molecule has 0 spiro atoms. The Morgan fingerprint density at radius 3 is 2.48 bits per heavy atom. The van der Waals surface area contributed by atoms with Crippen molar-refractivity contribution in [3.05, 3.63) is 78.1 Å². The Bertz CT molecular complexity index is 2720. The van der Waals surface area contributed by atoms with E-state index in [-0.39, 0.29) is 51.2 Å². The molecule has 4 amide bonds. The number of hydrogen-bond acceptors (Lipinski definition) is 11. The van der Waals surface area contributed by atoms with Gasteiger partial charge in [-0.15, -0.1) is 0 Å². The summed E-state index contributed by atoms with van der Waals surface area (Å²) in [6.07, 6.45) is 7.44. The van der Waals surface area contributed by atoms with Crippen LogP contribution in [0.3, 0.4) is 0 Å². The molecule has 6 bridgehead atoms. The minimum absolute atomic E-state index is 0.00124. The summed E-state index contributed by atoms with van der Waals surface area (Å²) in [6, 6.07) is 12.6. The second-order valence-corrected chi connectivity index (χ2v) is 22.2. The average Bonchev–Trinajstić information content (AvgIpc) is 4.08. The highest BCUT2D eigenvalue weighted by Gasteiger charge is 2.48. The highest BCUT2D eigenvalue weighted by molar-refractivity contribution is 5.97. The molecule has 73 heavy (non-hydrogen) atoms. The van der Waals surface area contributed by atoms with E-state index in [0.29, 0.717) is 32.4 Å². The van der Waals surface area contributed by atoms with Gasteiger partial charge in [-0.25, -0.2) is 5.43 Å². The van der Waals surface area contributed by atoms with E-state index < -0.39 is 58.2 Å². The first kappa shape index (κ1) is 53.6. The number of likely N-dealkylation sites (tertiary alicyclic amines) is 2. The van der Waals surface area contributed by atoms with Crippen molar-refractivity contribution in [2.75, 3.05) is 67.1 Å². The van der Waals surface area contributed by atoms with E-state index in [1.807, 2.05) is 18.3 Å². The predicted octanol–water partition coefficient (Wildman–Crippen LogP) is 5.49. The van der Waals surface area contributed by atoms with Gasteiger partial charge in [0.05, 0.1) is 49.5 Å². The number of nitrogens with one attached hydrogen (secondary N) is 2. The highest BCUT2D eigenvalue weighted by Crippen LogP contribution is 2.44. The van der Waals surface area contributed by atoms with E-state index in [1.165, 1.54) is 27.4 Å². The lowest BCUT2D eigenvalue weighted by molar-refractivity contribution is -0.156. The van der Waals surface area contributed by atoms with Crippen LogP contribution in [0.5, 0.6) is 0 Å². The molecule has 0 radical (unpaired) electrons. The third-order valence-electron chi connectivity index (χ3n) is 15.8. The molecule has 4 aromatic rings. The molecular weight excluding hydrogens is 927 g/mol. The first-order valence-corrected chi connectivity index (χ1v) is 26.1. The number of amides is 4. The summed E-state index contributed by atoms with van der Waals surface area (Å²) < 4.78 is 17.3. The molecule has 17 heteroatoms. The zero-order chi connectivity index (χ0) is 52.6.